The third-order valence-corrected chi connectivity index (χ3v) is 6.00. The van der Waals surface area contributed by atoms with Crippen molar-refractivity contribution in [2.75, 3.05) is 11.3 Å². The molecule has 140 valence electrons. The van der Waals surface area contributed by atoms with Crippen LogP contribution in [-0.4, -0.2) is 29.4 Å². The molecule has 0 atom stereocenters. The van der Waals surface area contributed by atoms with Crippen LogP contribution in [0.5, 0.6) is 5.75 Å². The Morgan fingerprint density at radius 3 is 2.93 bits per heavy atom. The molecule has 8 heteroatoms. The average Bonchev–Trinajstić information content (AvgIpc) is 3.34. The first kappa shape index (κ1) is 16.8. The standard InChI is InChI=1S/C20H16N4O3S/c25-28(26,17-5-6-19-15(12-17)7-10-27-19)23-16-4-1-3-14(11-16)18-13-24-9-2-8-21-20(24)22-18/h1-6,8-9,11-13,23H,7,10H2. The largest absolute Gasteiger partial charge is 0.493 e. The Morgan fingerprint density at radius 1 is 1.11 bits per heavy atom. The Morgan fingerprint density at radius 2 is 2.04 bits per heavy atom. The number of hydrogen-bond acceptors (Lipinski definition) is 5. The van der Waals surface area contributed by atoms with Crippen molar-refractivity contribution >= 4 is 21.5 Å². The van der Waals surface area contributed by atoms with E-state index in [1.807, 2.05) is 28.9 Å². The summed E-state index contributed by atoms with van der Waals surface area (Å²) in [4.78, 5) is 8.91. The van der Waals surface area contributed by atoms with Gasteiger partial charge in [0.15, 0.2) is 0 Å². The summed E-state index contributed by atoms with van der Waals surface area (Å²) in [5, 5.41) is 0. The molecule has 0 aliphatic carbocycles. The zero-order valence-corrected chi connectivity index (χ0v) is 15.6. The van der Waals surface area contributed by atoms with E-state index in [2.05, 4.69) is 14.7 Å². The monoisotopic (exact) mass is 392 g/mol. The van der Waals surface area contributed by atoms with Gasteiger partial charge in [-0.1, -0.05) is 12.1 Å². The average molecular weight is 392 g/mol. The number of sulfonamides is 1. The lowest BCUT2D eigenvalue weighted by Crippen LogP contribution is -2.13. The van der Waals surface area contributed by atoms with Crippen LogP contribution in [0.1, 0.15) is 5.56 Å². The van der Waals surface area contributed by atoms with Crippen LogP contribution < -0.4 is 9.46 Å². The Bertz CT molecular complexity index is 1260. The van der Waals surface area contributed by atoms with Crippen molar-refractivity contribution < 1.29 is 13.2 Å². The highest BCUT2D eigenvalue weighted by Gasteiger charge is 2.19. The van der Waals surface area contributed by atoms with Crippen molar-refractivity contribution in [3.63, 3.8) is 0 Å². The van der Waals surface area contributed by atoms with Gasteiger partial charge in [0.25, 0.3) is 10.0 Å². The lowest BCUT2D eigenvalue weighted by Gasteiger charge is -2.10. The number of nitrogens with zero attached hydrogens (tertiary/aromatic N) is 3. The first-order chi connectivity index (χ1) is 13.6. The second-order valence-corrected chi connectivity index (χ2v) is 8.19. The zero-order valence-electron chi connectivity index (χ0n) is 14.7. The number of imidazole rings is 1. The maximum Gasteiger partial charge on any atom is 0.261 e. The number of aromatic nitrogens is 3. The topological polar surface area (TPSA) is 85.6 Å². The molecule has 1 aliphatic rings. The van der Waals surface area contributed by atoms with Crippen LogP contribution >= 0.6 is 0 Å². The molecule has 0 amide bonds. The SMILES string of the molecule is O=S(=O)(Nc1cccc(-c2cn3cccnc3n2)c1)c1ccc2c(c1)CCO2. The van der Waals surface area contributed by atoms with Gasteiger partial charge in [-0.3, -0.25) is 9.12 Å². The molecule has 5 rings (SSSR count). The number of anilines is 1. The van der Waals surface area contributed by atoms with Crippen LogP contribution in [0.2, 0.25) is 0 Å². The summed E-state index contributed by atoms with van der Waals surface area (Å²) in [5.74, 6) is 1.34. The number of benzene rings is 2. The van der Waals surface area contributed by atoms with E-state index in [-0.39, 0.29) is 4.90 Å². The predicted molar refractivity (Wildman–Crippen MR) is 105 cm³/mol. The molecular formula is C20H16N4O3S. The fourth-order valence-electron chi connectivity index (χ4n) is 3.26. The normalized spacial score (nSPS) is 13.3. The molecule has 0 saturated carbocycles. The predicted octanol–water partition coefficient (Wildman–Crippen LogP) is 3.13. The summed E-state index contributed by atoms with van der Waals surface area (Å²) >= 11 is 0. The number of nitrogens with one attached hydrogen (secondary N) is 1. The summed E-state index contributed by atoms with van der Waals surface area (Å²) in [6, 6.07) is 13.9. The molecule has 2 aromatic heterocycles. The van der Waals surface area contributed by atoms with E-state index in [1.165, 1.54) is 0 Å². The first-order valence-electron chi connectivity index (χ1n) is 8.77. The number of hydrogen-bond donors (Lipinski definition) is 1. The summed E-state index contributed by atoms with van der Waals surface area (Å²) in [5.41, 5.74) is 2.90. The quantitative estimate of drug-likeness (QED) is 0.577. The second kappa shape index (κ2) is 6.35. The van der Waals surface area contributed by atoms with Gasteiger partial charge in [-0.2, -0.15) is 0 Å². The van der Waals surface area contributed by atoms with Crippen LogP contribution in [0.25, 0.3) is 17.0 Å². The van der Waals surface area contributed by atoms with Gasteiger partial charge in [-0.15, -0.1) is 0 Å². The molecule has 0 spiro atoms. The van der Waals surface area contributed by atoms with Crippen LogP contribution in [0.15, 0.2) is 72.0 Å². The molecule has 1 aliphatic heterocycles. The van der Waals surface area contributed by atoms with Gasteiger partial charge in [-0.25, -0.2) is 18.4 Å². The minimum absolute atomic E-state index is 0.221. The van der Waals surface area contributed by atoms with E-state index in [9.17, 15) is 8.42 Å². The molecule has 2 aromatic carbocycles. The van der Waals surface area contributed by atoms with E-state index in [0.717, 1.165) is 29.0 Å². The number of fused-ring (bicyclic) bond motifs is 2. The van der Waals surface area contributed by atoms with Gasteiger partial charge < -0.3 is 4.74 Å². The van der Waals surface area contributed by atoms with E-state index < -0.39 is 10.0 Å². The molecule has 0 unspecified atom stereocenters. The number of ether oxygens (including phenoxy) is 1. The molecular weight excluding hydrogens is 376 g/mol. The van der Waals surface area contributed by atoms with E-state index in [0.29, 0.717) is 18.1 Å². The maximum absolute atomic E-state index is 12.8. The van der Waals surface area contributed by atoms with Crippen molar-refractivity contribution in [2.45, 2.75) is 11.3 Å². The Hall–Kier alpha value is -3.39. The van der Waals surface area contributed by atoms with Crippen molar-refractivity contribution in [3.05, 3.63) is 72.7 Å². The van der Waals surface area contributed by atoms with Gasteiger partial charge in [0.1, 0.15) is 5.75 Å². The fourth-order valence-corrected chi connectivity index (χ4v) is 4.35. The van der Waals surface area contributed by atoms with Gasteiger partial charge in [0, 0.05) is 36.3 Å². The third kappa shape index (κ3) is 2.97. The van der Waals surface area contributed by atoms with Gasteiger partial charge in [-0.05, 0) is 42.0 Å². The van der Waals surface area contributed by atoms with Crippen LogP contribution in [-0.2, 0) is 16.4 Å². The van der Waals surface area contributed by atoms with E-state index >= 15 is 0 Å². The lowest BCUT2D eigenvalue weighted by atomic mass is 10.1. The van der Waals surface area contributed by atoms with E-state index in [1.54, 1.807) is 42.6 Å². The molecule has 1 N–H and O–H groups in total. The van der Waals surface area contributed by atoms with Crippen LogP contribution in [0, 0.1) is 0 Å². The van der Waals surface area contributed by atoms with E-state index in [4.69, 9.17) is 4.74 Å². The molecule has 28 heavy (non-hydrogen) atoms. The summed E-state index contributed by atoms with van der Waals surface area (Å²) in [7, 11) is -3.70. The third-order valence-electron chi connectivity index (χ3n) is 4.62. The molecule has 0 bridgehead atoms. The highest BCUT2D eigenvalue weighted by atomic mass is 32.2. The Kier molecular flexibility index (Phi) is 3.80. The lowest BCUT2D eigenvalue weighted by molar-refractivity contribution is 0.356. The fraction of sp³-hybridized carbons (Fsp3) is 0.100. The maximum atomic E-state index is 12.8. The summed E-state index contributed by atoms with van der Waals surface area (Å²) < 4.78 is 35.5. The Balaban J connectivity index is 1.46. The molecule has 0 saturated heterocycles. The van der Waals surface area contributed by atoms with Crippen LogP contribution in [0.4, 0.5) is 5.69 Å². The highest BCUT2D eigenvalue weighted by Crippen LogP contribution is 2.29. The Labute approximate surface area is 161 Å². The summed E-state index contributed by atoms with van der Waals surface area (Å²) in [6.07, 6.45) is 6.12. The van der Waals surface area contributed by atoms with Gasteiger partial charge >= 0.3 is 0 Å². The minimum Gasteiger partial charge on any atom is -0.493 e. The van der Waals surface area contributed by atoms with Gasteiger partial charge in [0.2, 0.25) is 5.78 Å². The zero-order chi connectivity index (χ0) is 19.1. The van der Waals surface area contributed by atoms with Crippen LogP contribution in [0.3, 0.4) is 0 Å². The first-order valence-corrected chi connectivity index (χ1v) is 10.3. The smallest absolute Gasteiger partial charge is 0.261 e. The summed E-state index contributed by atoms with van der Waals surface area (Å²) in [6.45, 7) is 0.585. The van der Waals surface area contributed by atoms with Crippen molar-refractivity contribution in [2.24, 2.45) is 0 Å². The van der Waals surface area contributed by atoms with Crippen molar-refractivity contribution in [1.82, 2.24) is 14.4 Å². The second-order valence-electron chi connectivity index (χ2n) is 6.51. The molecule has 0 fully saturated rings. The molecule has 3 heterocycles. The van der Waals surface area contributed by atoms with Crippen molar-refractivity contribution in [1.29, 1.82) is 0 Å². The van der Waals surface area contributed by atoms with Gasteiger partial charge in [0.05, 0.1) is 17.2 Å². The molecule has 7 nitrogen and oxygen atoms in total. The van der Waals surface area contributed by atoms with Crippen molar-refractivity contribution in [3.8, 4) is 17.0 Å². The molecule has 0 radical (unpaired) electrons. The number of rotatable bonds is 4. The molecule has 4 aromatic rings. The highest BCUT2D eigenvalue weighted by molar-refractivity contribution is 7.92. The minimum atomic E-state index is -3.70.